The summed E-state index contributed by atoms with van der Waals surface area (Å²) in [5, 5.41) is 5.85. The highest BCUT2D eigenvalue weighted by molar-refractivity contribution is 7.88. The summed E-state index contributed by atoms with van der Waals surface area (Å²) in [6.07, 6.45) is -0.442. The molecule has 0 aromatic heterocycles. The molecule has 0 radical (unpaired) electrons. The SMILES string of the molecule is COc1cc(C)cc2c1-c1ccc(CS(N)(=O)=O)cc1C(c1cccc(Cl)c1)O2. The molecule has 1 heterocycles. The first-order valence-electron chi connectivity index (χ1n) is 8.99. The van der Waals surface area contributed by atoms with Crippen molar-refractivity contribution in [2.75, 3.05) is 7.11 Å². The van der Waals surface area contributed by atoms with Crippen molar-refractivity contribution in [3.8, 4) is 22.6 Å². The molecule has 150 valence electrons. The van der Waals surface area contributed by atoms with Gasteiger partial charge in [0.2, 0.25) is 10.0 Å². The summed E-state index contributed by atoms with van der Waals surface area (Å²) in [6, 6.07) is 16.9. The first-order valence-corrected chi connectivity index (χ1v) is 11.1. The minimum absolute atomic E-state index is 0.250. The summed E-state index contributed by atoms with van der Waals surface area (Å²) < 4.78 is 35.2. The van der Waals surface area contributed by atoms with Crippen LogP contribution in [0.15, 0.2) is 54.6 Å². The Morgan fingerprint density at radius 3 is 2.62 bits per heavy atom. The lowest BCUT2D eigenvalue weighted by atomic mass is 9.87. The molecule has 0 fully saturated rings. The topological polar surface area (TPSA) is 78.6 Å². The summed E-state index contributed by atoms with van der Waals surface area (Å²) in [5.41, 5.74) is 5.08. The molecule has 1 atom stereocenters. The summed E-state index contributed by atoms with van der Waals surface area (Å²) in [7, 11) is -2.04. The van der Waals surface area contributed by atoms with E-state index in [0.717, 1.165) is 27.8 Å². The lowest BCUT2D eigenvalue weighted by molar-refractivity contribution is 0.242. The highest BCUT2D eigenvalue weighted by atomic mass is 35.5. The lowest BCUT2D eigenvalue weighted by Gasteiger charge is -2.31. The molecule has 3 aromatic carbocycles. The smallest absolute Gasteiger partial charge is 0.213 e. The van der Waals surface area contributed by atoms with Crippen molar-refractivity contribution in [2.45, 2.75) is 18.8 Å². The number of fused-ring (bicyclic) bond motifs is 3. The first-order chi connectivity index (χ1) is 13.7. The third-order valence-electron chi connectivity index (χ3n) is 4.86. The van der Waals surface area contributed by atoms with Crippen LogP contribution in [0.5, 0.6) is 11.5 Å². The van der Waals surface area contributed by atoms with E-state index < -0.39 is 16.1 Å². The summed E-state index contributed by atoms with van der Waals surface area (Å²) in [5.74, 6) is 1.16. The van der Waals surface area contributed by atoms with Crippen molar-refractivity contribution >= 4 is 21.6 Å². The number of aryl methyl sites for hydroxylation is 1. The van der Waals surface area contributed by atoms with Gasteiger partial charge in [0, 0.05) is 10.6 Å². The zero-order valence-electron chi connectivity index (χ0n) is 16.0. The van der Waals surface area contributed by atoms with Gasteiger partial charge in [0.25, 0.3) is 0 Å². The van der Waals surface area contributed by atoms with E-state index >= 15 is 0 Å². The number of halogens is 1. The summed E-state index contributed by atoms with van der Waals surface area (Å²) >= 11 is 6.21. The van der Waals surface area contributed by atoms with Crippen LogP contribution in [-0.4, -0.2) is 15.5 Å². The molecule has 0 amide bonds. The number of rotatable bonds is 4. The Kier molecular flexibility index (Phi) is 5.02. The van der Waals surface area contributed by atoms with Crippen LogP contribution in [0.2, 0.25) is 5.02 Å². The molecule has 29 heavy (non-hydrogen) atoms. The number of hydrogen-bond acceptors (Lipinski definition) is 4. The Bertz CT molecular complexity index is 1210. The molecule has 0 aliphatic carbocycles. The van der Waals surface area contributed by atoms with Gasteiger partial charge >= 0.3 is 0 Å². The van der Waals surface area contributed by atoms with Gasteiger partial charge in [-0.25, -0.2) is 13.6 Å². The largest absolute Gasteiger partial charge is 0.496 e. The molecule has 0 spiro atoms. The van der Waals surface area contributed by atoms with Gasteiger partial charge in [-0.2, -0.15) is 0 Å². The molecule has 1 aliphatic heterocycles. The van der Waals surface area contributed by atoms with E-state index in [4.69, 9.17) is 26.2 Å². The van der Waals surface area contributed by atoms with Crippen molar-refractivity contribution in [1.29, 1.82) is 0 Å². The van der Waals surface area contributed by atoms with Crippen molar-refractivity contribution in [2.24, 2.45) is 5.14 Å². The van der Waals surface area contributed by atoms with Crippen molar-refractivity contribution in [3.05, 3.63) is 81.9 Å². The minimum Gasteiger partial charge on any atom is -0.496 e. The molecule has 4 rings (SSSR count). The number of primary sulfonamides is 1. The third kappa shape index (κ3) is 3.96. The van der Waals surface area contributed by atoms with Crippen LogP contribution in [0, 0.1) is 6.92 Å². The van der Waals surface area contributed by atoms with E-state index in [1.807, 2.05) is 49.4 Å². The number of methoxy groups -OCH3 is 1. The van der Waals surface area contributed by atoms with E-state index in [0.29, 0.717) is 22.1 Å². The fourth-order valence-corrected chi connectivity index (χ4v) is 4.57. The maximum absolute atomic E-state index is 11.6. The quantitative estimate of drug-likeness (QED) is 0.657. The molecule has 3 aromatic rings. The first kappa shape index (κ1) is 19.8. The Morgan fingerprint density at radius 1 is 1.14 bits per heavy atom. The Labute approximate surface area is 175 Å². The van der Waals surface area contributed by atoms with Gasteiger partial charge in [0.05, 0.1) is 18.4 Å². The standard InChI is InChI=1S/C22H20ClNO4S/c1-13-8-19(27-2)21-17-7-6-14(12-29(24,25)26)10-18(17)22(28-20(21)9-13)15-4-3-5-16(23)11-15/h3-11,22H,12H2,1-2H3,(H2,24,25,26). The van der Waals surface area contributed by atoms with Gasteiger partial charge < -0.3 is 9.47 Å². The van der Waals surface area contributed by atoms with Gasteiger partial charge in [-0.3, -0.25) is 0 Å². The average molecular weight is 430 g/mol. The predicted molar refractivity (Wildman–Crippen MR) is 114 cm³/mol. The van der Waals surface area contributed by atoms with Gasteiger partial charge in [0.15, 0.2) is 0 Å². The number of benzene rings is 3. The molecule has 2 N–H and O–H groups in total. The van der Waals surface area contributed by atoms with E-state index in [2.05, 4.69) is 0 Å². The Hall–Kier alpha value is -2.54. The van der Waals surface area contributed by atoms with E-state index in [-0.39, 0.29) is 5.75 Å². The second-order valence-corrected chi connectivity index (χ2v) is 9.17. The summed E-state index contributed by atoms with van der Waals surface area (Å²) in [6.45, 7) is 1.98. The van der Waals surface area contributed by atoms with Gasteiger partial charge in [-0.15, -0.1) is 0 Å². The maximum Gasteiger partial charge on any atom is 0.213 e. The van der Waals surface area contributed by atoms with Crippen LogP contribution in [0.3, 0.4) is 0 Å². The number of ether oxygens (including phenoxy) is 2. The highest BCUT2D eigenvalue weighted by Crippen LogP contribution is 2.49. The second kappa shape index (κ2) is 7.37. The zero-order chi connectivity index (χ0) is 20.8. The lowest BCUT2D eigenvalue weighted by Crippen LogP contribution is -2.18. The van der Waals surface area contributed by atoms with Crippen molar-refractivity contribution < 1.29 is 17.9 Å². The minimum atomic E-state index is -3.66. The fourth-order valence-electron chi connectivity index (χ4n) is 3.73. The van der Waals surface area contributed by atoms with E-state index in [1.165, 1.54) is 0 Å². The number of hydrogen-bond donors (Lipinski definition) is 1. The normalized spacial score (nSPS) is 15.2. The highest BCUT2D eigenvalue weighted by Gasteiger charge is 2.30. The molecular weight excluding hydrogens is 410 g/mol. The van der Waals surface area contributed by atoms with Crippen LogP contribution >= 0.6 is 11.6 Å². The fraction of sp³-hybridized carbons (Fsp3) is 0.182. The molecule has 5 nitrogen and oxygen atoms in total. The van der Waals surface area contributed by atoms with Gasteiger partial charge in [-0.1, -0.05) is 41.9 Å². The number of nitrogens with two attached hydrogens (primary N) is 1. The third-order valence-corrected chi connectivity index (χ3v) is 5.83. The van der Waals surface area contributed by atoms with E-state index in [1.54, 1.807) is 19.2 Å². The van der Waals surface area contributed by atoms with Crippen LogP contribution in [0.1, 0.15) is 28.4 Å². The van der Waals surface area contributed by atoms with Crippen LogP contribution in [-0.2, 0) is 15.8 Å². The predicted octanol–water partition coefficient (Wildman–Crippen LogP) is 4.59. The zero-order valence-corrected chi connectivity index (χ0v) is 17.5. The van der Waals surface area contributed by atoms with E-state index in [9.17, 15) is 8.42 Å². The van der Waals surface area contributed by atoms with Gasteiger partial charge in [0.1, 0.15) is 17.6 Å². The van der Waals surface area contributed by atoms with Crippen LogP contribution in [0.4, 0.5) is 0 Å². The molecule has 1 unspecified atom stereocenters. The Balaban J connectivity index is 1.95. The van der Waals surface area contributed by atoms with Gasteiger partial charge in [-0.05, 0) is 53.4 Å². The van der Waals surface area contributed by atoms with Crippen molar-refractivity contribution in [1.82, 2.24) is 0 Å². The molecule has 0 saturated heterocycles. The van der Waals surface area contributed by atoms with Crippen LogP contribution in [0.25, 0.3) is 11.1 Å². The summed E-state index contributed by atoms with van der Waals surface area (Å²) in [4.78, 5) is 0. The second-order valence-electron chi connectivity index (χ2n) is 7.12. The molecular formula is C22H20ClNO4S. The molecule has 0 saturated carbocycles. The monoisotopic (exact) mass is 429 g/mol. The van der Waals surface area contributed by atoms with Crippen LogP contribution < -0.4 is 14.6 Å². The average Bonchev–Trinajstić information content (AvgIpc) is 2.65. The maximum atomic E-state index is 11.6. The molecule has 7 heteroatoms. The number of sulfonamides is 1. The molecule has 0 bridgehead atoms. The van der Waals surface area contributed by atoms with Crippen molar-refractivity contribution in [3.63, 3.8) is 0 Å². The molecule has 1 aliphatic rings. The Morgan fingerprint density at radius 2 is 1.93 bits per heavy atom.